The zero-order valence-electron chi connectivity index (χ0n) is 11.4. The maximum Gasteiger partial charge on any atom is 0.255 e. The number of hydrogen-bond donors (Lipinski definition) is 0. The van der Waals surface area contributed by atoms with Gasteiger partial charge in [-0.1, -0.05) is 28.8 Å². The van der Waals surface area contributed by atoms with Crippen molar-refractivity contribution in [3.63, 3.8) is 0 Å². The van der Waals surface area contributed by atoms with E-state index in [9.17, 15) is 4.79 Å². The smallest absolute Gasteiger partial charge is 0.255 e. The zero-order valence-corrected chi connectivity index (χ0v) is 15.2. The van der Waals surface area contributed by atoms with Crippen LogP contribution in [0.5, 0.6) is 0 Å². The van der Waals surface area contributed by atoms with Gasteiger partial charge in [0.25, 0.3) is 5.91 Å². The lowest BCUT2D eigenvalue weighted by molar-refractivity contribution is 0.0389. The van der Waals surface area contributed by atoms with Crippen molar-refractivity contribution in [3.05, 3.63) is 31.8 Å². The molecule has 0 radical (unpaired) electrons. The van der Waals surface area contributed by atoms with Crippen molar-refractivity contribution in [1.29, 1.82) is 0 Å². The molecule has 2 nitrogen and oxygen atoms in total. The summed E-state index contributed by atoms with van der Waals surface area (Å²) in [5, 5.41) is 0. The second-order valence-electron chi connectivity index (χ2n) is 5.88. The van der Waals surface area contributed by atoms with Crippen LogP contribution in [0.25, 0.3) is 0 Å². The fourth-order valence-corrected chi connectivity index (χ4v) is 4.62. The molecule has 0 N–H and O–H groups in total. The van der Waals surface area contributed by atoms with Gasteiger partial charge in [0.1, 0.15) is 0 Å². The predicted molar refractivity (Wildman–Crippen MR) is 92.9 cm³/mol. The number of halogens is 2. The van der Waals surface area contributed by atoms with E-state index in [0.717, 1.165) is 32.5 Å². The summed E-state index contributed by atoms with van der Waals surface area (Å²) in [7, 11) is 0. The highest BCUT2D eigenvalue weighted by Gasteiger charge is 2.36. The molecule has 2 fully saturated rings. The summed E-state index contributed by atoms with van der Waals surface area (Å²) < 4.78 is 2.03. The van der Waals surface area contributed by atoms with Crippen LogP contribution in [0, 0.1) is 9.49 Å². The van der Waals surface area contributed by atoms with Gasteiger partial charge in [-0.25, -0.2) is 0 Å². The molecular weight excluding hydrogens is 429 g/mol. The second-order valence-corrected chi connectivity index (χ2v) is 7.95. The van der Waals surface area contributed by atoms with Gasteiger partial charge < -0.3 is 4.90 Å². The highest BCUT2D eigenvalue weighted by atomic mass is 127. The Morgan fingerprint density at radius 3 is 2.80 bits per heavy atom. The van der Waals surface area contributed by atoms with Crippen molar-refractivity contribution >= 4 is 44.4 Å². The molecule has 3 rings (SSSR count). The van der Waals surface area contributed by atoms with E-state index in [-0.39, 0.29) is 5.91 Å². The molecule has 0 unspecified atom stereocenters. The van der Waals surface area contributed by atoms with E-state index in [1.807, 2.05) is 18.2 Å². The first-order chi connectivity index (χ1) is 9.66. The van der Waals surface area contributed by atoms with E-state index >= 15 is 0 Å². The van der Waals surface area contributed by atoms with Crippen LogP contribution in [-0.2, 0) is 0 Å². The molecule has 0 spiro atoms. The van der Waals surface area contributed by atoms with E-state index in [1.165, 1.54) is 32.1 Å². The molecule has 2 atom stereocenters. The van der Waals surface area contributed by atoms with Crippen LogP contribution in [0.2, 0.25) is 0 Å². The first-order valence-electron chi connectivity index (χ1n) is 7.43. The summed E-state index contributed by atoms with van der Waals surface area (Å²) in [6.07, 6.45) is 7.60. The van der Waals surface area contributed by atoms with Gasteiger partial charge >= 0.3 is 0 Å². The average molecular weight is 448 g/mol. The van der Waals surface area contributed by atoms with Crippen molar-refractivity contribution in [2.45, 2.75) is 44.6 Å². The van der Waals surface area contributed by atoms with E-state index in [4.69, 9.17) is 0 Å². The maximum absolute atomic E-state index is 12.9. The lowest BCUT2D eigenvalue weighted by Gasteiger charge is -2.44. The number of carbonyl (C=O) groups is 1. The molecule has 2 aliphatic rings. The fourth-order valence-electron chi connectivity index (χ4n) is 3.69. The first-order valence-corrected chi connectivity index (χ1v) is 9.30. The standard InChI is InChI=1S/C16H19BrINO/c17-12-7-8-14(18)13(10-12)16(20)19-9-3-5-11-4-1-2-6-15(11)19/h7-8,10-11,15H,1-6,9H2/t11-,15-/m1/s1. The van der Waals surface area contributed by atoms with Gasteiger partial charge in [-0.3, -0.25) is 4.79 Å². The minimum absolute atomic E-state index is 0.229. The summed E-state index contributed by atoms with van der Waals surface area (Å²) >= 11 is 5.75. The SMILES string of the molecule is O=C(c1cc(Br)ccc1I)N1CCC[C@H]2CCCC[C@H]21. The van der Waals surface area contributed by atoms with Gasteiger partial charge in [0, 0.05) is 20.6 Å². The molecule has 108 valence electrons. The molecule has 0 aromatic heterocycles. The molecular formula is C16H19BrINO. The Labute approximate surface area is 142 Å². The molecule has 20 heavy (non-hydrogen) atoms. The fraction of sp³-hybridized carbons (Fsp3) is 0.562. The average Bonchev–Trinajstić information content (AvgIpc) is 2.48. The minimum Gasteiger partial charge on any atom is -0.335 e. The molecule has 1 aromatic carbocycles. The Bertz CT molecular complexity index is 517. The summed E-state index contributed by atoms with van der Waals surface area (Å²) in [4.78, 5) is 15.1. The lowest BCUT2D eigenvalue weighted by Crippen LogP contribution is -2.49. The Morgan fingerprint density at radius 1 is 1.20 bits per heavy atom. The zero-order chi connectivity index (χ0) is 14.1. The second kappa shape index (κ2) is 6.34. The Kier molecular flexibility index (Phi) is 4.70. The highest BCUT2D eigenvalue weighted by molar-refractivity contribution is 14.1. The quantitative estimate of drug-likeness (QED) is 0.563. The molecule has 1 saturated heterocycles. The van der Waals surface area contributed by atoms with E-state index < -0.39 is 0 Å². The monoisotopic (exact) mass is 447 g/mol. The van der Waals surface area contributed by atoms with Crippen LogP contribution in [0.1, 0.15) is 48.9 Å². The predicted octanol–water partition coefficient (Wildman–Crippen LogP) is 4.85. The van der Waals surface area contributed by atoms with Gasteiger partial charge in [0.15, 0.2) is 0 Å². The van der Waals surface area contributed by atoms with Crippen LogP contribution in [-0.4, -0.2) is 23.4 Å². The number of fused-ring (bicyclic) bond motifs is 1. The van der Waals surface area contributed by atoms with Crippen molar-refractivity contribution in [1.82, 2.24) is 4.90 Å². The van der Waals surface area contributed by atoms with Gasteiger partial charge in [0.2, 0.25) is 0 Å². The summed E-state index contributed by atoms with van der Waals surface area (Å²) in [6.45, 7) is 0.933. The summed E-state index contributed by atoms with van der Waals surface area (Å²) in [5.41, 5.74) is 0.853. The molecule has 0 bridgehead atoms. The Balaban J connectivity index is 1.87. The highest BCUT2D eigenvalue weighted by Crippen LogP contribution is 2.36. The number of amides is 1. The van der Waals surface area contributed by atoms with Gasteiger partial charge in [0.05, 0.1) is 5.56 Å². The number of likely N-dealkylation sites (tertiary alicyclic amines) is 1. The van der Waals surface area contributed by atoms with Crippen LogP contribution >= 0.6 is 38.5 Å². The third-order valence-electron chi connectivity index (χ3n) is 4.66. The molecule has 1 saturated carbocycles. The molecule has 1 aliphatic heterocycles. The van der Waals surface area contributed by atoms with Crippen LogP contribution in [0.4, 0.5) is 0 Å². The van der Waals surface area contributed by atoms with E-state index in [0.29, 0.717) is 6.04 Å². The first kappa shape index (κ1) is 14.8. The number of nitrogens with zero attached hydrogens (tertiary/aromatic N) is 1. The van der Waals surface area contributed by atoms with Crippen molar-refractivity contribution in [2.24, 2.45) is 5.92 Å². The normalized spacial score (nSPS) is 26.2. The third kappa shape index (κ3) is 2.91. The number of hydrogen-bond acceptors (Lipinski definition) is 1. The molecule has 4 heteroatoms. The number of benzene rings is 1. The largest absolute Gasteiger partial charge is 0.335 e. The van der Waals surface area contributed by atoms with Crippen LogP contribution in [0.15, 0.2) is 22.7 Å². The van der Waals surface area contributed by atoms with Crippen molar-refractivity contribution < 1.29 is 4.79 Å². The topological polar surface area (TPSA) is 20.3 Å². The van der Waals surface area contributed by atoms with E-state index in [2.05, 4.69) is 43.4 Å². The Morgan fingerprint density at radius 2 is 1.95 bits per heavy atom. The number of piperidine rings is 1. The minimum atomic E-state index is 0.229. The molecule has 1 aliphatic carbocycles. The Hall–Kier alpha value is -0.100. The third-order valence-corrected chi connectivity index (χ3v) is 6.10. The molecule has 1 heterocycles. The molecule has 1 amide bonds. The van der Waals surface area contributed by atoms with Gasteiger partial charge in [-0.2, -0.15) is 0 Å². The van der Waals surface area contributed by atoms with Crippen LogP contribution < -0.4 is 0 Å². The van der Waals surface area contributed by atoms with Crippen molar-refractivity contribution in [3.8, 4) is 0 Å². The van der Waals surface area contributed by atoms with Gasteiger partial charge in [-0.15, -0.1) is 0 Å². The van der Waals surface area contributed by atoms with E-state index in [1.54, 1.807) is 0 Å². The summed E-state index contributed by atoms with van der Waals surface area (Å²) in [6, 6.07) is 6.47. The molecule has 1 aromatic rings. The maximum atomic E-state index is 12.9. The van der Waals surface area contributed by atoms with Crippen molar-refractivity contribution in [2.75, 3.05) is 6.54 Å². The van der Waals surface area contributed by atoms with Gasteiger partial charge in [-0.05, 0) is 72.4 Å². The van der Waals surface area contributed by atoms with Crippen LogP contribution in [0.3, 0.4) is 0 Å². The number of rotatable bonds is 1. The number of carbonyl (C=O) groups excluding carboxylic acids is 1. The lowest BCUT2D eigenvalue weighted by atomic mass is 9.78. The summed E-state index contributed by atoms with van der Waals surface area (Å²) in [5.74, 6) is 0.971.